The Morgan fingerprint density at radius 3 is 2.50 bits per heavy atom. The zero-order valence-corrected chi connectivity index (χ0v) is 13.8. The second kappa shape index (κ2) is 7.61. The molecule has 1 unspecified atom stereocenters. The van der Waals surface area contributed by atoms with Crippen LogP contribution in [0.3, 0.4) is 0 Å². The van der Waals surface area contributed by atoms with Crippen molar-refractivity contribution in [2.24, 2.45) is 0 Å². The highest BCUT2D eigenvalue weighted by molar-refractivity contribution is 9.10. The standard InChI is InChI=1S/C18H22BrN/c1-14-16(11-7-12-17(14)19)18(20-2)13-6-10-15-8-4-3-5-9-15/h3-5,7-9,11-12,18,20H,6,10,13H2,1-2H3. The maximum absolute atomic E-state index is 3.62. The van der Waals surface area contributed by atoms with Gasteiger partial charge in [0.2, 0.25) is 0 Å². The molecule has 0 radical (unpaired) electrons. The van der Waals surface area contributed by atoms with Crippen LogP contribution in [0.15, 0.2) is 53.0 Å². The predicted molar refractivity (Wildman–Crippen MR) is 90.1 cm³/mol. The van der Waals surface area contributed by atoms with Gasteiger partial charge in [0, 0.05) is 10.5 Å². The maximum Gasteiger partial charge on any atom is 0.0320 e. The molecule has 0 aliphatic carbocycles. The molecule has 0 aliphatic rings. The summed E-state index contributed by atoms with van der Waals surface area (Å²) in [5, 5.41) is 3.45. The minimum atomic E-state index is 0.427. The molecule has 2 heteroatoms. The maximum atomic E-state index is 3.62. The van der Waals surface area contributed by atoms with Crippen LogP contribution in [0, 0.1) is 6.92 Å². The molecule has 106 valence electrons. The van der Waals surface area contributed by atoms with E-state index in [0.29, 0.717) is 6.04 Å². The first-order chi connectivity index (χ1) is 9.72. The Kier molecular flexibility index (Phi) is 5.81. The summed E-state index contributed by atoms with van der Waals surface area (Å²) in [4.78, 5) is 0. The van der Waals surface area contributed by atoms with Crippen LogP contribution in [-0.2, 0) is 6.42 Å². The summed E-state index contributed by atoms with van der Waals surface area (Å²) in [6, 6.07) is 17.6. The Balaban J connectivity index is 1.97. The molecular formula is C18H22BrN. The van der Waals surface area contributed by atoms with E-state index in [2.05, 4.69) is 76.7 Å². The van der Waals surface area contributed by atoms with Crippen molar-refractivity contribution in [2.45, 2.75) is 32.2 Å². The molecule has 0 aromatic heterocycles. The van der Waals surface area contributed by atoms with Gasteiger partial charge in [0.1, 0.15) is 0 Å². The number of nitrogens with one attached hydrogen (secondary N) is 1. The van der Waals surface area contributed by atoms with E-state index in [1.165, 1.54) is 27.6 Å². The van der Waals surface area contributed by atoms with Crippen LogP contribution in [0.1, 0.15) is 35.6 Å². The van der Waals surface area contributed by atoms with Gasteiger partial charge in [-0.3, -0.25) is 0 Å². The first-order valence-electron chi connectivity index (χ1n) is 7.18. The van der Waals surface area contributed by atoms with Crippen LogP contribution in [0.25, 0.3) is 0 Å². The summed E-state index contributed by atoms with van der Waals surface area (Å²) in [5.41, 5.74) is 4.16. The molecule has 1 nitrogen and oxygen atoms in total. The number of rotatable bonds is 6. The van der Waals surface area contributed by atoms with E-state index < -0.39 is 0 Å². The van der Waals surface area contributed by atoms with Gasteiger partial charge in [0.05, 0.1) is 0 Å². The normalized spacial score (nSPS) is 12.3. The number of aryl methyl sites for hydroxylation is 1. The van der Waals surface area contributed by atoms with Crippen LogP contribution >= 0.6 is 15.9 Å². The molecule has 2 aromatic rings. The predicted octanol–water partition coefficient (Wildman–Crippen LogP) is 5.04. The molecule has 0 bridgehead atoms. The largest absolute Gasteiger partial charge is 0.313 e. The second-order valence-corrected chi connectivity index (χ2v) is 6.03. The molecule has 0 fully saturated rings. The Morgan fingerprint density at radius 2 is 1.80 bits per heavy atom. The van der Waals surface area contributed by atoms with Gasteiger partial charge >= 0.3 is 0 Å². The van der Waals surface area contributed by atoms with Gasteiger partial charge in [-0.1, -0.05) is 58.4 Å². The van der Waals surface area contributed by atoms with Crippen LogP contribution in [0.5, 0.6) is 0 Å². The van der Waals surface area contributed by atoms with Crippen molar-refractivity contribution in [3.05, 3.63) is 69.7 Å². The molecule has 1 N–H and O–H groups in total. The van der Waals surface area contributed by atoms with Crippen molar-refractivity contribution in [1.29, 1.82) is 0 Å². The van der Waals surface area contributed by atoms with E-state index >= 15 is 0 Å². The van der Waals surface area contributed by atoms with Gasteiger partial charge in [0.25, 0.3) is 0 Å². The van der Waals surface area contributed by atoms with Crippen molar-refractivity contribution < 1.29 is 0 Å². The van der Waals surface area contributed by atoms with Gasteiger partial charge < -0.3 is 5.32 Å². The Labute approximate surface area is 130 Å². The molecule has 2 rings (SSSR count). The Bertz CT molecular complexity index is 536. The van der Waals surface area contributed by atoms with Crippen LogP contribution < -0.4 is 5.32 Å². The first-order valence-corrected chi connectivity index (χ1v) is 7.98. The minimum absolute atomic E-state index is 0.427. The van der Waals surface area contributed by atoms with Gasteiger partial charge in [-0.25, -0.2) is 0 Å². The molecule has 2 aromatic carbocycles. The highest BCUT2D eigenvalue weighted by Crippen LogP contribution is 2.27. The lowest BCUT2D eigenvalue weighted by Crippen LogP contribution is -2.17. The second-order valence-electron chi connectivity index (χ2n) is 5.17. The summed E-state index contributed by atoms with van der Waals surface area (Å²) < 4.78 is 1.19. The fourth-order valence-corrected chi connectivity index (χ4v) is 2.99. The Hall–Kier alpha value is -1.12. The van der Waals surface area contributed by atoms with Crippen molar-refractivity contribution in [3.8, 4) is 0 Å². The molecule has 0 saturated heterocycles. The molecular weight excluding hydrogens is 310 g/mol. The summed E-state index contributed by atoms with van der Waals surface area (Å²) in [7, 11) is 2.05. The van der Waals surface area contributed by atoms with E-state index in [0.717, 1.165) is 12.8 Å². The first kappa shape index (κ1) is 15.3. The van der Waals surface area contributed by atoms with E-state index in [1.807, 2.05) is 7.05 Å². The third-order valence-corrected chi connectivity index (χ3v) is 4.69. The average molecular weight is 332 g/mol. The number of hydrogen-bond donors (Lipinski definition) is 1. The van der Waals surface area contributed by atoms with Crippen molar-refractivity contribution in [2.75, 3.05) is 7.05 Å². The topological polar surface area (TPSA) is 12.0 Å². The summed E-state index contributed by atoms with van der Waals surface area (Å²) >= 11 is 3.62. The lowest BCUT2D eigenvalue weighted by atomic mass is 9.96. The summed E-state index contributed by atoms with van der Waals surface area (Å²) in [6.45, 7) is 2.18. The van der Waals surface area contributed by atoms with Gasteiger partial charge in [0.15, 0.2) is 0 Å². The van der Waals surface area contributed by atoms with Crippen molar-refractivity contribution in [3.63, 3.8) is 0 Å². The average Bonchev–Trinajstić information content (AvgIpc) is 2.48. The smallest absolute Gasteiger partial charge is 0.0320 e. The number of hydrogen-bond acceptors (Lipinski definition) is 1. The molecule has 0 heterocycles. The highest BCUT2D eigenvalue weighted by atomic mass is 79.9. The van der Waals surface area contributed by atoms with E-state index in [9.17, 15) is 0 Å². The third-order valence-electron chi connectivity index (χ3n) is 3.83. The van der Waals surface area contributed by atoms with Crippen molar-refractivity contribution >= 4 is 15.9 Å². The lowest BCUT2D eigenvalue weighted by Gasteiger charge is -2.19. The van der Waals surface area contributed by atoms with E-state index in [-0.39, 0.29) is 0 Å². The molecule has 0 amide bonds. The molecule has 0 spiro atoms. The summed E-state index contributed by atoms with van der Waals surface area (Å²) in [5.74, 6) is 0. The van der Waals surface area contributed by atoms with Gasteiger partial charge in [-0.2, -0.15) is 0 Å². The molecule has 20 heavy (non-hydrogen) atoms. The fourth-order valence-electron chi connectivity index (χ4n) is 2.61. The molecule has 0 aliphatic heterocycles. The minimum Gasteiger partial charge on any atom is -0.313 e. The molecule has 1 atom stereocenters. The monoisotopic (exact) mass is 331 g/mol. The van der Waals surface area contributed by atoms with Crippen LogP contribution in [0.4, 0.5) is 0 Å². The SMILES string of the molecule is CNC(CCCc1ccccc1)c1cccc(Br)c1C. The van der Waals surface area contributed by atoms with Gasteiger partial charge in [-0.15, -0.1) is 0 Å². The lowest BCUT2D eigenvalue weighted by molar-refractivity contribution is 0.524. The highest BCUT2D eigenvalue weighted by Gasteiger charge is 2.12. The van der Waals surface area contributed by atoms with E-state index in [1.54, 1.807) is 0 Å². The molecule has 0 saturated carbocycles. The van der Waals surface area contributed by atoms with Crippen molar-refractivity contribution in [1.82, 2.24) is 5.32 Å². The van der Waals surface area contributed by atoms with E-state index in [4.69, 9.17) is 0 Å². The Morgan fingerprint density at radius 1 is 1.05 bits per heavy atom. The summed E-state index contributed by atoms with van der Waals surface area (Å²) in [6.07, 6.45) is 3.50. The number of halogens is 1. The third kappa shape index (κ3) is 3.94. The quantitative estimate of drug-likeness (QED) is 0.781. The van der Waals surface area contributed by atoms with Crippen LogP contribution in [0.2, 0.25) is 0 Å². The fraction of sp³-hybridized carbons (Fsp3) is 0.333. The zero-order valence-electron chi connectivity index (χ0n) is 12.2. The van der Waals surface area contributed by atoms with Gasteiger partial charge in [-0.05, 0) is 56.0 Å². The zero-order chi connectivity index (χ0) is 14.4. The number of benzene rings is 2. The van der Waals surface area contributed by atoms with Crippen LogP contribution in [-0.4, -0.2) is 7.05 Å².